The Morgan fingerprint density at radius 2 is 1.21 bits per heavy atom. The molecule has 0 amide bonds. The monoisotopic (exact) mass is 334 g/mol. The van der Waals surface area contributed by atoms with Crippen LogP contribution in [0.5, 0.6) is 11.5 Å². The third kappa shape index (κ3) is 9.20. The number of hydrogen-bond donors (Lipinski definition) is 0. The topological polar surface area (TPSA) is 18.5 Å². The lowest BCUT2D eigenvalue weighted by atomic mass is 10.0. The van der Waals surface area contributed by atoms with Crippen LogP contribution in [0.3, 0.4) is 0 Å². The van der Waals surface area contributed by atoms with Gasteiger partial charge < -0.3 is 9.47 Å². The second-order valence-electron chi connectivity index (χ2n) is 6.82. The highest BCUT2D eigenvalue weighted by Crippen LogP contribution is 2.26. The zero-order valence-corrected chi connectivity index (χ0v) is 16.2. The number of unbranched alkanes of at least 4 members (excludes halogenated alkanes) is 11. The quantitative estimate of drug-likeness (QED) is 0.323. The van der Waals surface area contributed by atoms with Crippen molar-refractivity contribution in [1.29, 1.82) is 0 Å². The standard InChI is InChI=1S/C22H38O2/c1-4-5-6-7-8-9-10-11-12-13-14-15-16-20-17-18-21(23-2)19-22(20)24-3/h17-19H,4-16H2,1-3H3. The highest BCUT2D eigenvalue weighted by atomic mass is 16.5. The predicted molar refractivity (Wildman–Crippen MR) is 104 cm³/mol. The van der Waals surface area contributed by atoms with Crippen LogP contribution in [0.15, 0.2) is 18.2 Å². The molecule has 1 rings (SSSR count). The van der Waals surface area contributed by atoms with E-state index in [2.05, 4.69) is 13.0 Å². The zero-order chi connectivity index (χ0) is 17.5. The molecule has 0 heterocycles. The summed E-state index contributed by atoms with van der Waals surface area (Å²) in [5.74, 6) is 1.82. The predicted octanol–water partition coefficient (Wildman–Crippen LogP) is 6.95. The van der Waals surface area contributed by atoms with Crippen molar-refractivity contribution >= 4 is 0 Å². The van der Waals surface area contributed by atoms with Crippen LogP contribution in [0.25, 0.3) is 0 Å². The SMILES string of the molecule is CCCCCCCCCCCCCCc1ccc(OC)cc1OC. The van der Waals surface area contributed by atoms with E-state index in [4.69, 9.17) is 9.47 Å². The molecule has 0 saturated carbocycles. The molecule has 0 aliphatic rings. The molecule has 24 heavy (non-hydrogen) atoms. The molecule has 1 aromatic rings. The van der Waals surface area contributed by atoms with E-state index < -0.39 is 0 Å². The Morgan fingerprint density at radius 3 is 1.71 bits per heavy atom. The fraction of sp³-hybridized carbons (Fsp3) is 0.727. The summed E-state index contributed by atoms with van der Waals surface area (Å²) in [5.41, 5.74) is 1.30. The summed E-state index contributed by atoms with van der Waals surface area (Å²) in [6, 6.07) is 6.14. The molecule has 0 unspecified atom stereocenters. The molecule has 0 atom stereocenters. The lowest BCUT2D eigenvalue weighted by Gasteiger charge is -2.10. The number of methoxy groups -OCH3 is 2. The normalized spacial score (nSPS) is 10.8. The fourth-order valence-corrected chi connectivity index (χ4v) is 3.21. The molecule has 0 aliphatic carbocycles. The second kappa shape index (κ2) is 14.2. The van der Waals surface area contributed by atoms with Crippen LogP contribution in [-0.4, -0.2) is 14.2 Å². The van der Waals surface area contributed by atoms with E-state index in [0.29, 0.717) is 0 Å². The summed E-state index contributed by atoms with van der Waals surface area (Å²) in [6.45, 7) is 2.28. The Balaban J connectivity index is 2.00. The summed E-state index contributed by atoms with van der Waals surface area (Å²) >= 11 is 0. The molecule has 0 spiro atoms. The second-order valence-corrected chi connectivity index (χ2v) is 6.82. The molecule has 0 bridgehead atoms. The van der Waals surface area contributed by atoms with Crippen LogP contribution in [0, 0.1) is 0 Å². The van der Waals surface area contributed by atoms with Crippen molar-refractivity contribution in [2.75, 3.05) is 14.2 Å². The van der Waals surface area contributed by atoms with Gasteiger partial charge in [0.2, 0.25) is 0 Å². The maximum absolute atomic E-state index is 5.47. The summed E-state index contributed by atoms with van der Waals surface area (Å²) in [6.07, 6.45) is 17.8. The molecule has 0 aliphatic heterocycles. The molecular weight excluding hydrogens is 296 g/mol. The summed E-state index contributed by atoms with van der Waals surface area (Å²) in [4.78, 5) is 0. The van der Waals surface area contributed by atoms with Gasteiger partial charge in [0.05, 0.1) is 14.2 Å². The van der Waals surface area contributed by atoms with Gasteiger partial charge in [0.1, 0.15) is 11.5 Å². The molecule has 0 radical (unpaired) electrons. The average molecular weight is 335 g/mol. The van der Waals surface area contributed by atoms with Crippen LogP contribution >= 0.6 is 0 Å². The van der Waals surface area contributed by atoms with E-state index >= 15 is 0 Å². The molecule has 2 heteroatoms. The van der Waals surface area contributed by atoms with Gasteiger partial charge in [-0.25, -0.2) is 0 Å². The van der Waals surface area contributed by atoms with Crippen LogP contribution < -0.4 is 9.47 Å². The molecule has 0 fully saturated rings. The van der Waals surface area contributed by atoms with Crippen LogP contribution in [0.4, 0.5) is 0 Å². The largest absolute Gasteiger partial charge is 0.497 e. The van der Waals surface area contributed by atoms with Gasteiger partial charge in [-0.1, -0.05) is 83.6 Å². The highest BCUT2D eigenvalue weighted by Gasteiger charge is 2.04. The summed E-state index contributed by atoms with van der Waals surface area (Å²) in [7, 11) is 3.43. The number of rotatable bonds is 15. The van der Waals surface area contributed by atoms with E-state index in [9.17, 15) is 0 Å². The van der Waals surface area contributed by atoms with E-state index in [1.165, 1.54) is 82.6 Å². The van der Waals surface area contributed by atoms with Gasteiger partial charge in [0.15, 0.2) is 0 Å². The first-order chi connectivity index (χ1) is 11.8. The highest BCUT2D eigenvalue weighted by molar-refractivity contribution is 5.40. The van der Waals surface area contributed by atoms with Crippen molar-refractivity contribution in [2.24, 2.45) is 0 Å². The van der Waals surface area contributed by atoms with Crippen molar-refractivity contribution in [3.8, 4) is 11.5 Å². The lowest BCUT2D eigenvalue weighted by Crippen LogP contribution is -1.94. The number of hydrogen-bond acceptors (Lipinski definition) is 2. The van der Waals surface area contributed by atoms with Gasteiger partial charge in [-0.3, -0.25) is 0 Å². The summed E-state index contributed by atoms with van der Waals surface area (Å²) in [5, 5.41) is 0. The summed E-state index contributed by atoms with van der Waals surface area (Å²) < 4.78 is 10.7. The number of benzene rings is 1. The molecule has 0 N–H and O–H groups in total. The Hall–Kier alpha value is -1.18. The minimum atomic E-state index is 0.866. The molecule has 138 valence electrons. The molecule has 2 nitrogen and oxygen atoms in total. The van der Waals surface area contributed by atoms with E-state index in [-0.39, 0.29) is 0 Å². The molecule has 0 saturated heterocycles. The molecular formula is C22H38O2. The first-order valence-corrected chi connectivity index (χ1v) is 10.0. The average Bonchev–Trinajstić information content (AvgIpc) is 2.62. The van der Waals surface area contributed by atoms with Gasteiger partial charge in [-0.2, -0.15) is 0 Å². The van der Waals surface area contributed by atoms with Crippen molar-refractivity contribution in [3.63, 3.8) is 0 Å². The van der Waals surface area contributed by atoms with E-state index in [1.54, 1.807) is 14.2 Å². The van der Waals surface area contributed by atoms with Crippen LogP contribution in [0.1, 0.15) is 89.5 Å². The van der Waals surface area contributed by atoms with Gasteiger partial charge in [0, 0.05) is 6.07 Å². The number of aryl methyl sites for hydroxylation is 1. The van der Waals surface area contributed by atoms with Gasteiger partial charge in [-0.15, -0.1) is 0 Å². The fourth-order valence-electron chi connectivity index (χ4n) is 3.21. The maximum atomic E-state index is 5.47. The number of ether oxygens (including phenoxy) is 2. The molecule has 1 aromatic carbocycles. The van der Waals surface area contributed by atoms with E-state index in [1.807, 2.05) is 12.1 Å². The van der Waals surface area contributed by atoms with Crippen LogP contribution in [-0.2, 0) is 6.42 Å². The maximum Gasteiger partial charge on any atom is 0.125 e. The Kier molecular flexibility index (Phi) is 12.3. The third-order valence-corrected chi connectivity index (χ3v) is 4.79. The van der Waals surface area contributed by atoms with Gasteiger partial charge >= 0.3 is 0 Å². The Labute approximate surface area is 149 Å². The third-order valence-electron chi connectivity index (χ3n) is 4.79. The Morgan fingerprint density at radius 1 is 0.667 bits per heavy atom. The van der Waals surface area contributed by atoms with Crippen molar-refractivity contribution in [2.45, 2.75) is 90.4 Å². The first kappa shape index (κ1) is 20.9. The molecule has 0 aromatic heterocycles. The van der Waals surface area contributed by atoms with Crippen molar-refractivity contribution < 1.29 is 9.47 Å². The minimum Gasteiger partial charge on any atom is -0.497 e. The van der Waals surface area contributed by atoms with Crippen molar-refractivity contribution in [1.82, 2.24) is 0 Å². The van der Waals surface area contributed by atoms with Gasteiger partial charge in [-0.05, 0) is 24.5 Å². The zero-order valence-electron chi connectivity index (χ0n) is 16.2. The minimum absolute atomic E-state index is 0.866. The van der Waals surface area contributed by atoms with Crippen molar-refractivity contribution in [3.05, 3.63) is 23.8 Å². The van der Waals surface area contributed by atoms with Crippen LogP contribution in [0.2, 0.25) is 0 Å². The smallest absolute Gasteiger partial charge is 0.125 e. The van der Waals surface area contributed by atoms with E-state index in [0.717, 1.165) is 17.9 Å². The lowest BCUT2D eigenvalue weighted by molar-refractivity contribution is 0.390. The Bertz CT molecular complexity index is 414. The first-order valence-electron chi connectivity index (χ1n) is 10.0. The van der Waals surface area contributed by atoms with Gasteiger partial charge in [0.25, 0.3) is 0 Å².